The van der Waals surface area contributed by atoms with Crippen molar-refractivity contribution in [2.75, 3.05) is 6.61 Å². The minimum atomic E-state index is 0.0869. The number of hydrogen-bond donors (Lipinski definition) is 1. The van der Waals surface area contributed by atoms with Crippen molar-refractivity contribution in [2.24, 2.45) is 17.1 Å². The molecule has 1 aromatic carbocycles. The molecule has 2 nitrogen and oxygen atoms in total. The van der Waals surface area contributed by atoms with E-state index in [4.69, 9.17) is 10.5 Å². The van der Waals surface area contributed by atoms with E-state index in [9.17, 15) is 0 Å². The molecule has 0 spiro atoms. The highest BCUT2D eigenvalue weighted by Gasteiger charge is 2.41. The highest BCUT2D eigenvalue weighted by Crippen LogP contribution is 2.52. The first-order valence-corrected chi connectivity index (χ1v) is 8.47. The van der Waals surface area contributed by atoms with Crippen LogP contribution < -0.4 is 10.5 Å². The molecule has 1 atom stereocenters. The van der Waals surface area contributed by atoms with Crippen LogP contribution in [-0.4, -0.2) is 6.61 Å². The van der Waals surface area contributed by atoms with Crippen molar-refractivity contribution in [1.29, 1.82) is 0 Å². The molecule has 1 saturated carbocycles. The molecule has 118 valence electrons. The first-order valence-electron chi connectivity index (χ1n) is 8.47. The summed E-state index contributed by atoms with van der Waals surface area (Å²) in [6, 6.07) is 6.52. The van der Waals surface area contributed by atoms with E-state index in [2.05, 4.69) is 39.0 Å². The van der Waals surface area contributed by atoms with Crippen LogP contribution in [0.2, 0.25) is 0 Å². The maximum atomic E-state index is 6.80. The average molecular weight is 289 g/mol. The van der Waals surface area contributed by atoms with Gasteiger partial charge in [-0.1, -0.05) is 44.4 Å². The number of ether oxygens (including phenoxy) is 1. The Morgan fingerprint density at radius 1 is 1.24 bits per heavy atom. The fourth-order valence-corrected chi connectivity index (χ4v) is 4.06. The van der Waals surface area contributed by atoms with Crippen molar-refractivity contribution in [3.8, 4) is 5.75 Å². The van der Waals surface area contributed by atoms with Gasteiger partial charge in [0.2, 0.25) is 0 Å². The van der Waals surface area contributed by atoms with Crippen molar-refractivity contribution in [2.45, 2.75) is 65.8 Å². The summed E-state index contributed by atoms with van der Waals surface area (Å²) in [7, 11) is 0. The lowest BCUT2D eigenvalue weighted by molar-refractivity contribution is 0.179. The van der Waals surface area contributed by atoms with Gasteiger partial charge in [0.15, 0.2) is 0 Å². The van der Waals surface area contributed by atoms with E-state index in [0.717, 1.165) is 5.75 Å². The van der Waals surface area contributed by atoms with E-state index >= 15 is 0 Å². The van der Waals surface area contributed by atoms with Gasteiger partial charge in [0, 0.05) is 11.6 Å². The lowest BCUT2D eigenvalue weighted by Gasteiger charge is -2.38. The summed E-state index contributed by atoms with van der Waals surface area (Å²) in [6.07, 6.45) is 6.36. The van der Waals surface area contributed by atoms with Crippen molar-refractivity contribution in [1.82, 2.24) is 0 Å². The Labute approximate surface area is 130 Å². The van der Waals surface area contributed by atoms with E-state index < -0.39 is 0 Å². The Kier molecular flexibility index (Phi) is 5.32. The Balaban J connectivity index is 2.36. The fraction of sp³-hybridized carbons (Fsp3) is 0.684. The SMILES string of the molecule is CCOc1ccc(C)cc1C(N)C1(CC(C)C)CCCC1. The van der Waals surface area contributed by atoms with Crippen LogP contribution >= 0.6 is 0 Å². The highest BCUT2D eigenvalue weighted by molar-refractivity contribution is 5.40. The fourth-order valence-electron chi connectivity index (χ4n) is 4.06. The number of benzene rings is 1. The summed E-state index contributed by atoms with van der Waals surface area (Å²) in [5.74, 6) is 1.67. The molecular weight excluding hydrogens is 258 g/mol. The third-order valence-electron chi connectivity index (χ3n) is 4.87. The second-order valence-corrected chi connectivity index (χ2v) is 7.12. The van der Waals surface area contributed by atoms with Crippen LogP contribution in [0.5, 0.6) is 5.75 Å². The summed E-state index contributed by atoms with van der Waals surface area (Å²) >= 11 is 0. The minimum absolute atomic E-state index is 0.0869. The molecule has 0 radical (unpaired) electrons. The molecule has 2 rings (SSSR count). The summed E-state index contributed by atoms with van der Waals surface area (Å²) in [5.41, 5.74) is 9.53. The van der Waals surface area contributed by atoms with Gasteiger partial charge in [-0.3, -0.25) is 0 Å². The molecule has 21 heavy (non-hydrogen) atoms. The summed E-state index contributed by atoms with van der Waals surface area (Å²) in [4.78, 5) is 0. The molecule has 2 heteroatoms. The predicted octanol–water partition coefficient (Wildman–Crippen LogP) is 5.00. The van der Waals surface area contributed by atoms with Crippen molar-refractivity contribution < 1.29 is 4.74 Å². The molecule has 1 unspecified atom stereocenters. The lowest BCUT2D eigenvalue weighted by Crippen LogP contribution is -2.34. The number of aryl methyl sites for hydroxylation is 1. The molecule has 0 amide bonds. The maximum Gasteiger partial charge on any atom is 0.124 e. The molecule has 0 saturated heterocycles. The zero-order chi connectivity index (χ0) is 15.5. The minimum Gasteiger partial charge on any atom is -0.494 e. The van der Waals surface area contributed by atoms with Crippen LogP contribution in [0, 0.1) is 18.3 Å². The van der Waals surface area contributed by atoms with Crippen molar-refractivity contribution in [3.63, 3.8) is 0 Å². The topological polar surface area (TPSA) is 35.2 Å². The van der Waals surface area contributed by atoms with Crippen LogP contribution in [0.25, 0.3) is 0 Å². The first kappa shape index (κ1) is 16.4. The molecule has 1 aliphatic rings. The third kappa shape index (κ3) is 3.60. The molecule has 1 fully saturated rings. The second kappa shape index (κ2) is 6.83. The van der Waals surface area contributed by atoms with Crippen LogP contribution in [0.4, 0.5) is 0 Å². The van der Waals surface area contributed by atoms with Crippen LogP contribution in [0.15, 0.2) is 18.2 Å². The van der Waals surface area contributed by atoms with Gasteiger partial charge >= 0.3 is 0 Å². The Hall–Kier alpha value is -1.02. The van der Waals surface area contributed by atoms with Gasteiger partial charge < -0.3 is 10.5 Å². The van der Waals surface area contributed by atoms with Gasteiger partial charge in [-0.2, -0.15) is 0 Å². The summed E-state index contributed by atoms with van der Waals surface area (Å²) in [6.45, 7) is 9.49. The second-order valence-electron chi connectivity index (χ2n) is 7.12. The van der Waals surface area contributed by atoms with E-state index in [1.54, 1.807) is 0 Å². The van der Waals surface area contributed by atoms with E-state index in [0.29, 0.717) is 12.5 Å². The molecule has 0 aliphatic heterocycles. The summed E-state index contributed by atoms with van der Waals surface area (Å²) in [5, 5.41) is 0. The van der Waals surface area contributed by atoms with E-state index in [1.807, 2.05) is 6.92 Å². The third-order valence-corrected chi connectivity index (χ3v) is 4.87. The van der Waals surface area contributed by atoms with Gasteiger partial charge in [-0.05, 0) is 50.5 Å². The molecule has 0 bridgehead atoms. The molecule has 1 aromatic rings. The van der Waals surface area contributed by atoms with Crippen LogP contribution in [0.3, 0.4) is 0 Å². The molecule has 1 aliphatic carbocycles. The zero-order valence-corrected chi connectivity index (χ0v) is 14.1. The number of hydrogen-bond acceptors (Lipinski definition) is 2. The predicted molar refractivity (Wildman–Crippen MR) is 89.6 cm³/mol. The monoisotopic (exact) mass is 289 g/mol. The van der Waals surface area contributed by atoms with Crippen LogP contribution in [0.1, 0.15) is 70.0 Å². The van der Waals surface area contributed by atoms with Crippen molar-refractivity contribution >= 4 is 0 Å². The number of rotatable bonds is 6. The lowest BCUT2D eigenvalue weighted by atomic mass is 9.70. The standard InChI is InChI=1S/C19H31NO/c1-5-21-17-9-8-15(4)12-16(17)18(20)19(13-14(2)3)10-6-7-11-19/h8-9,12,14,18H,5-7,10-11,13,20H2,1-4H3. The van der Waals surface area contributed by atoms with Gasteiger partial charge in [-0.15, -0.1) is 0 Å². The normalized spacial score (nSPS) is 19.0. The van der Waals surface area contributed by atoms with Gasteiger partial charge in [-0.25, -0.2) is 0 Å². The smallest absolute Gasteiger partial charge is 0.124 e. The zero-order valence-electron chi connectivity index (χ0n) is 14.1. The van der Waals surface area contributed by atoms with Gasteiger partial charge in [0.25, 0.3) is 0 Å². The van der Waals surface area contributed by atoms with Gasteiger partial charge in [0.1, 0.15) is 5.75 Å². The maximum absolute atomic E-state index is 6.80. The Morgan fingerprint density at radius 2 is 1.90 bits per heavy atom. The Bertz CT molecular complexity index is 461. The quantitative estimate of drug-likeness (QED) is 0.799. The average Bonchev–Trinajstić information content (AvgIpc) is 2.89. The summed E-state index contributed by atoms with van der Waals surface area (Å²) < 4.78 is 5.84. The molecule has 0 heterocycles. The van der Waals surface area contributed by atoms with E-state index in [-0.39, 0.29) is 11.5 Å². The van der Waals surface area contributed by atoms with E-state index in [1.165, 1.54) is 43.2 Å². The van der Waals surface area contributed by atoms with Crippen molar-refractivity contribution in [3.05, 3.63) is 29.3 Å². The Morgan fingerprint density at radius 3 is 2.48 bits per heavy atom. The molecular formula is C19H31NO. The largest absolute Gasteiger partial charge is 0.494 e. The van der Waals surface area contributed by atoms with Crippen LogP contribution in [-0.2, 0) is 0 Å². The first-order chi connectivity index (χ1) is 9.98. The van der Waals surface area contributed by atoms with Gasteiger partial charge in [0.05, 0.1) is 6.61 Å². The highest BCUT2D eigenvalue weighted by atomic mass is 16.5. The molecule has 2 N–H and O–H groups in total. The molecule has 0 aromatic heterocycles. The number of nitrogens with two attached hydrogens (primary N) is 1.